The van der Waals surface area contributed by atoms with Gasteiger partial charge in [-0.3, -0.25) is 14.0 Å². The summed E-state index contributed by atoms with van der Waals surface area (Å²) < 4.78 is 3.60. The number of aromatic nitrogens is 5. The molecule has 4 rings (SSSR count). The summed E-state index contributed by atoms with van der Waals surface area (Å²) in [5.41, 5.74) is 3.81. The lowest BCUT2D eigenvalue weighted by Crippen LogP contribution is -2.16. The maximum Gasteiger partial charge on any atom is 0.235 e. The Morgan fingerprint density at radius 1 is 1.06 bits per heavy atom. The Balaban J connectivity index is 1.61. The predicted molar refractivity (Wildman–Crippen MR) is 124 cm³/mol. The van der Waals surface area contributed by atoms with Crippen molar-refractivity contribution in [3.8, 4) is 17.1 Å². The van der Waals surface area contributed by atoms with Gasteiger partial charge >= 0.3 is 0 Å². The fourth-order valence-electron chi connectivity index (χ4n) is 3.11. The van der Waals surface area contributed by atoms with Gasteiger partial charge in [0.25, 0.3) is 0 Å². The van der Waals surface area contributed by atoms with Crippen LogP contribution in [0.2, 0.25) is 5.02 Å². The third kappa shape index (κ3) is 4.81. The molecule has 2 aromatic carbocycles. The molecule has 0 atom stereocenters. The minimum absolute atomic E-state index is 0.139. The average Bonchev–Trinajstić information content (AvgIpc) is 3.30. The highest BCUT2D eigenvalue weighted by Crippen LogP contribution is 2.29. The number of halogens is 1. The van der Waals surface area contributed by atoms with Crippen LogP contribution in [0.3, 0.4) is 0 Å². The average molecular weight is 453 g/mol. The molecule has 0 saturated carbocycles. The molecule has 1 N–H and O–H groups in total. The van der Waals surface area contributed by atoms with Crippen LogP contribution in [-0.2, 0) is 11.8 Å². The number of amides is 1. The zero-order chi connectivity index (χ0) is 22.0. The third-order valence-electron chi connectivity index (χ3n) is 4.63. The zero-order valence-electron chi connectivity index (χ0n) is 17.3. The van der Waals surface area contributed by atoms with E-state index >= 15 is 0 Å². The van der Waals surface area contributed by atoms with Crippen LogP contribution >= 0.6 is 23.4 Å². The van der Waals surface area contributed by atoms with Gasteiger partial charge in [-0.05, 0) is 50.2 Å². The Hall–Kier alpha value is -3.10. The molecule has 0 fully saturated rings. The molecule has 7 nitrogen and oxygen atoms in total. The van der Waals surface area contributed by atoms with Crippen LogP contribution in [0.5, 0.6) is 0 Å². The second-order valence-electron chi connectivity index (χ2n) is 7.12. The second-order valence-corrected chi connectivity index (χ2v) is 8.49. The first kappa shape index (κ1) is 21.1. The molecule has 0 unspecified atom stereocenters. The van der Waals surface area contributed by atoms with Gasteiger partial charge in [0, 0.05) is 29.4 Å². The van der Waals surface area contributed by atoms with Gasteiger partial charge in [0.05, 0.1) is 11.4 Å². The third-order valence-corrected chi connectivity index (χ3v) is 5.81. The largest absolute Gasteiger partial charge is 0.310 e. The van der Waals surface area contributed by atoms with Crippen molar-refractivity contribution in [1.29, 1.82) is 0 Å². The van der Waals surface area contributed by atoms with E-state index in [-0.39, 0.29) is 11.7 Å². The summed E-state index contributed by atoms with van der Waals surface area (Å²) in [5, 5.41) is 17.2. The van der Waals surface area contributed by atoms with Gasteiger partial charge < -0.3 is 5.32 Å². The molecule has 1 amide bonds. The molecule has 2 aromatic heterocycles. The lowest BCUT2D eigenvalue weighted by atomic mass is 10.2. The second kappa shape index (κ2) is 8.95. The Labute approximate surface area is 189 Å². The fourth-order valence-corrected chi connectivity index (χ4v) is 3.99. The van der Waals surface area contributed by atoms with Gasteiger partial charge in [-0.1, -0.05) is 41.1 Å². The number of thioether (sulfide) groups is 1. The zero-order valence-corrected chi connectivity index (χ0v) is 18.9. The first-order valence-corrected chi connectivity index (χ1v) is 11.0. The van der Waals surface area contributed by atoms with E-state index in [0.29, 0.717) is 21.8 Å². The minimum Gasteiger partial charge on any atom is -0.310 e. The lowest BCUT2D eigenvalue weighted by molar-refractivity contribution is -0.113. The molecule has 158 valence electrons. The molecular formula is C22H21ClN6OS. The van der Waals surface area contributed by atoms with Crippen molar-refractivity contribution in [3.63, 3.8) is 0 Å². The molecule has 0 radical (unpaired) electrons. The van der Waals surface area contributed by atoms with Crippen LogP contribution in [0.1, 0.15) is 11.3 Å². The normalized spacial score (nSPS) is 11.0. The summed E-state index contributed by atoms with van der Waals surface area (Å²) in [4.78, 5) is 12.5. The highest BCUT2D eigenvalue weighted by Gasteiger charge is 2.18. The molecule has 0 aliphatic heterocycles. The quantitative estimate of drug-likeness (QED) is 0.430. The number of hydrogen-bond donors (Lipinski definition) is 1. The van der Waals surface area contributed by atoms with Crippen LogP contribution in [0.25, 0.3) is 17.1 Å². The van der Waals surface area contributed by atoms with Crippen molar-refractivity contribution in [2.75, 3.05) is 11.1 Å². The highest BCUT2D eigenvalue weighted by atomic mass is 35.5. The van der Waals surface area contributed by atoms with Gasteiger partial charge in [-0.2, -0.15) is 5.10 Å². The van der Waals surface area contributed by atoms with Crippen LogP contribution < -0.4 is 5.32 Å². The van der Waals surface area contributed by atoms with Crippen LogP contribution in [0.4, 0.5) is 5.82 Å². The van der Waals surface area contributed by atoms with E-state index in [4.69, 9.17) is 11.6 Å². The van der Waals surface area contributed by atoms with E-state index < -0.39 is 0 Å². The van der Waals surface area contributed by atoms with Gasteiger partial charge in [0.2, 0.25) is 5.91 Å². The fraction of sp³-hybridized carbons (Fsp3) is 0.182. The number of aryl methyl sites for hydroxylation is 3. The van der Waals surface area contributed by atoms with Crippen molar-refractivity contribution in [1.82, 2.24) is 24.5 Å². The molecular weight excluding hydrogens is 432 g/mol. The molecule has 4 aromatic rings. The first-order valence-electron chi connectivity index (χ1n) is 9.62. The maximum absolute atomic E-state index is 12.5. The molecule has 0 saturated heterocycles. The Morgan fingerprint density at radius 3 is 2.42 bits per heavy atom. The minimum atomic E-state index is -0.139. The van der Waals surface area contributed by atoms with Crippen molar-refractivity contribution < 1.29 is 4.79 Å². The number of carbonyl (C=O) groups is 1. The summed E-state index contributed by atoms with van der Waals surface area (Å²) in [6, 6.07) is 17.4. The molecule has 2 heterocycles. The number of rotatable bonds is 6. The molecule has 0 aliphatic carbocycles. The Kier molecular flexibility index (Phi) is 6.11. The van der Waals surface area contributed by atoms with Crippen molar-refractivity contribution >= 4 is 35.1 Å². The standard InChI is InChI=1S/C22H21ClN6OS/c1-14-4-10-18(11-5-14)29-21(16-6-8-17(23)9-7-16)25-26-22(29)31-13-20(30)24-19-12-15(2)27-28(19)3/h4-12H,13H2,1-3H3,(H,24,30). The summed E-state index contributed by atoms with van der Waals surface area (Å²) >= 11 is 7.37. The SMILES string of the molecule is Cc1ccc(-n2c(SCC(=O)Nc3cc(C)nn3C)nnc2-c2ccc(Cl)cc2)cc1. The summed E-state index contributed by atoms with van der Waals surface area (Å²) in [7, 11) is 1.79. The smallest absolute Gasteiger partial charge is 0.235 e. The maximum atomic E-state index is 12.5. The molecule has 0 bridgehead atoms. The lowest BCUT2D eigenvalue weighted by Gasteiger charge is -2.11. The van der Waals surface area contributed by atoms with E-state index in [9.17, 15) is 4.79 Å². The van der Waals surface area contributed by atoms with Crippen molar-refractivity contribution in [3.05, 3.63) is 70.9 Å². The number of carbonyl (C=O) groups excluding carboxylic acids is 1. The number of hydrogen-bond acceptors (Lipinski definition) is 5. The van der Waals surface area contributed by atoms with Crippen LogP contribution in [0.15, 0.2) is 59.8 Å². The van der Waals surface area contributed by atoms with E-state index in [1.807, 2.05) is 73.0 Å². The van der Waals surface area contributed by atoms with Crippen molar-refractivity contribution in [2.24, 2.45) is 7.05 Å². The topological polar surface area (TPSA) is 77.6 Å². The Bertz CT molecular complexity index is 1210. The van der Waals surface area contributed by atoms with E-state index in [0.717, 1.165) is 22.5 Å². The predicted octanol–water partition coefficient (Wildman–Crippen LogP) is 4.67. The Morgan fingerprint density at radius 2 is 1.77 bits per heavy atom. The van der Waals surface area contributed by atoms with Crippen LogP contribution in [0, 0.1) is 13.8 Å². The van der Waals surface area contributed by atoms with E-state index in [1.54, 1.807) is 11.7 Å². The molecule has 9 heteroatoms. The summed E-state index contributed by atoms with van der Waals surface area (Å²) in [6.45, 7) is 3.92. The van der Waals surface area contributed by atoms with Gasteiger partial charge in [0.15, 0.2) is 11.0 Å². The van der Waals surface area contributed by atoms with E-state index in [2.05, 4.69) is 20.6 Å². The molecule has 31 heavy (non-hydrogen) atoms. The van der Waals surface area contributed by atoms with Crippen molar-refractivity contribution in [2.45, 2.75) is 19.0 Å². The molecule has 0 aliphatic rings. The van der Waals surface area contributed by atoms with Crippen LogP contribution in [-0.4, -0.2) is 36.2 Å². The first-order chi connectivity index (χ1) is 14.9. The van der Waals surface area contributed by atoms with E-state index in [1.165, 1.54) is 11.8 Å². The van der Waals surface area contributed by atoms with Gasteiger partial charge in [-0.25, -0.2) is 0 Å². The monoisotopic (exact) mass is 452 g/mol. The highest BCUT2D eigenvalue weighted by molar-refractivity contribution is 7.99. The summed E-state index contributed by atoms with van der Waals surface area (Å²) in [6.07, 6.45) is 0. The summed E-state index contributed by atoms with van der Waals surface area (Å²) in [5.74, 6) is 1.39. The molecule has 0 spiro atoms. The van der Waals surface area contributed by atoms with Gasteiger partial charge in [-0.15, -0.1) is 10.2 Å². The number of benzene rings is 2. The van der Waals surface area contributed by atoms with Gasteiger partial charge in [0.1, 0.15) is 5.82 Å². The number of nitrogens with one attached hydrogen (secondary N) is 1. The number of nitrogens with zero attached hydrogens (tertiary/aromatic N) is 5. The number of anilines is 1.